The van der Waals surface area contributed by atoms with Crippen LogP contribution in [0.2, 0.25) is 0 Å². The molecule has 3 rings (SSSR count). The fourth-order valence-corrected chi connectivity index (χ4v) is 3.31. The molecule has 0 saturated carbocycles. The van der Waals surface area contributed by atoms with Gasteiger partial charge in [0.15, 0.2) is 0 Å². The van der Waals surface area contributed by atoms with Crippen molar-refractivity contribution in [1.29, 1.82) is 0 Å². The molecule has 2 heterocycles. The van der Waals surface area contributed by atoms with Gasteiger partial charge in [-0.25, -0.2) is 4.39 Å². The largest absolute Gasteiger partial charge is 0.342 e. The summed E-state index contributed by atoms with van der Waals surface area (Å²) in [4.78, 5) is 14.1. The summed E-state index contributed by atoms with van der Waals surface area (Å²) in [6.45, 7) is 3.52. The molecule has 1 N–H and O–H groups in total. The first-order valence-corrected chi connectivity index (χ1v) is 8.26. The zero-order chi connectivity index (χ0) is 16.2. The Morgan fingerprint density at radius 2 is 2.22 bits per heavy atom. The Balaban J connectivity index is 1.84. The second-order valence-electron chi connectivity index (χ2n) is 6.11. The molecule has 1 aromatic heterocycles. The van der Waals surface area contributed by atoms with Crippen molar-refractivity contribution >= 4 is 5.91 Å². The second kappa shape index (κ2) is 6.94. The van der Waals surface area contributed by atoms with Crippen LogP contribution >= 0.6 is 0 Å². The normalized spacial score (nSPS) is 18.2. The molecule has 0 bridgehead atoms. The lowest BCUT2D eigenvalue weighted by atomic mass is 9.90. The van der Waals surface area contributed by atoms with Crippen molar-refractivity contribution in [2.75, 3.05) is 13.1 Å². The summed E-state index contributed by atoms with van der Waals surface area (Å²) >= 11 is 0. The van der Waals surface area contributed by atoms with E-state index in [1.165, 1.54) is 6.07 Å². The van der Waals surface area contributed by atoms with Crippen molar-refractivity contribution in [3.63, 3.8) is 0 Å². The van der Waals surface area contributed by atoms with E-state index in [0.717, 1.165) is 37.1 Å². The first-order valence-electron chi connectivity index (χ1n) is 8.26. The van der Waals surface area contributed by atoms with Crippen molar-refractivity contribution in [2.45, 2.75) is 38.5 Å². The number of nitrogens with one attached hydrogen (secondary N) is 1. The number of carbonyl (C=O) groups excluding carboxylic acids is 1. The van der Waals surface area contributed by atoms with Crippen LogP contribution in [0.25, 0.3) is 11.1 Å². The van der Waals surface area contributed by atoms with E-state index in [1.54, 1.807) is 18.3 Å². The molecule has 0 aliphatic carbocycles. The first-order chi connectivity index (χ1) is 11.2. The number of H-pyrrole nitrogens is 1. The monoisotopic (exact) mass is 315 g/mol. The van der Waals surface area contributed by atoms with Crippen LogP contribution in [-0.2, 0) is 4.79 Å². The molecule has 5 heteroatoms. The Labute approximate surface area is 135 Å². The van der Waals surface area contributed by atoms with Crippen molar-refractivity contribution in [1.82, 2.24) is 15.1 Å². The van der Waals surface area contributed by atoms with E-state index in [4.69, 9.17) is 0 Å². The molecule has 122 valence electrons. The molecule has 4 nitrogen and oxygen atoms in total. The SMILES string of the molecule is CCCC(=O)N1CCCC(c2[nH]ncc2-c2ccccc2F)C1. The standard InChI is InChI=1S/C18H22FN3O/c1-2-6-17(23)22-10-5-7-13(12-22)18-15(11-20-21-18)14-8-3-4-9-16(14)19/h3-4,8-9,11,13H,2,5-7,10,12H2,1H3,(H,20,21). The zero-order valence-corrected chi connectivity index (χ0v) is 13.4. The number of aromatic amines is 1. The molecule has 1 atom stereocenters. The van der Waals surface area contributed by atoms with Crippen molar-refractivity contribution in [2.24, 2.45) is 0 Å². The lowest BCUT2D eigenvalue weighted by molar-refractivity contribution is -0.132. The Kier molecular flexibility index (Phi) is 4.74. The molecule has 1 saturated heterocycles. The van der Waals surface area contributed by atoms with E-state index in [9.17, 15) is 9.18 Å². The topological polar surface area (TPSA) is 49.0 Å². The van der Waals surface area contributed by atoms with E-state index in [2.05, 4.69) is 10.2 Å². The molecule has 0 radical (unpaired) electrons. The number of piperidine rings is 1. The molecule has 2 aromatic rings. The molecule has 1 fully saturated rings. The fourth-order valence-electron chi connectivity index (χ4n) is 3.31. The third kappa shape index (κ3) is 3.28. The minimum absolute atomic E-state index is 0.182. The van der Waals surface area contributed by atoms with Crippen LogP contribution in [0.4, 0.5) is 4.39 Å². The lowest BCUT2D eigenvalue weighted by Crippen LogP contribution is -2.39. The molecule has 1 aliphatic heterocycles. The number of aromatic nitrogens is 2. The van der Waals surface area contributed by atoms with Gasteiger partial charge in [-0.15, -0.1) is 0 Å². The maximum Gasteiger partial charge on any atom is 0.222 e. The number of amides is 1. The van der Waals surface area contributed by atoms with Gasteiger partial charge in [0.05, 0.1) is 6.20 Å². The van der Waals surface area contributed by atoms with Gasteiger partial charge in [-0.3, -0.25) is 9.89 Å². The summed E-state index contributed by atoms with van der Waals surface area (Å²) in [5.41, 5.74) is 2.30. The Hall–Kier alpha value is -2.17. The maximum absolute atomic E-state index is 14.1. The van der Waals surface area contributed by atoms with E-state index in [-0.39, 0.29) is 17.6 Å². The predicted octanol–water partition coefficient (Wildman–Crippen LogP) is 3.72. The fraction of sp³-hybridized carbons (Fsp3) is 0.444. The van der Waals surface area contributed by atoms with Crippen molar-refractivity contribution < 1.29 is 9.18 Å². The van der Waals surface area contributed by atoms with Gasteiger partial charge in [0.25, 0.3) is 0 Å². The van der Waals surface area contributed by atoms with Crippen LogP contribution in [0, 0.1) is 5.82 Å². The molecule has 1 aliphatic rings. The molecular weight excluding hydrogens is 293 g/mol. The Morgan fingerprint density at radius 3 is 3.00 bits per heavy atom. The highest BCUT2D eigenvalue weighted by Crippen LogP contribution is 2.34. The van der Waals surface area contributed by atoms with Gasteiger partial charge in [0.2, 0.25) is 5.91 Å². The van der Waals surface area contributed by atoms with Crippen LogP contribution in [0.3, 0.4) is 0 Å². The highest BCUT2D eigenvalue weighted by molar-refractivity contribution is 5.76. The van der Waals surface area contributed by atoms with Crippen LogP contribution in [-0.4, -0.2) is 34.1 Å². The van der Waals surface area contributed by atoms with Gasteiger partial charge in [-0.05, 0) is 25.3 Å². The maximum atomic E-state index is 14.1. The Morgan fingerprint density at radius 1 is 1.39 bits per heavy atom. The molecule has 1 amide bonds. The average molecular weight is 315 g/mol. The number of hydrogen-bond acceptors (Lipinski definition) is 2. The highest BCUT2D eigenvalue weighted by Gasteiger charge is 2.27. The Bertz CT molecular complexity index is 682. The van der Waals surface area contributed by atoms with Crippen LogP contribution in [0.15, 0.2) is 30.5 Å². The van der Waals surface area contributed by atoms with Crippen LogP contribution < -0.4 is 0 Å². The average Bonchev–Trinajstić information content (AvgIpc) is 3.05. The molecule has 1 aromatic carbocycles. The summed E-state index contributed by atoms with van der Waals surface area (Å²) in [7, 11) is 0. The number of nitrogens with zero attached hydrogens (tertiary/aromatic N) is 2. The predicted molar refractivity (Wildman–Crippen MR) is 87.4 cm³/mol. The first kappa shape index (κ1) is 15.7. The summed E-state index contributed by atoms with van der Waals surface area (Å²) in [6, 6.07) is 6.74. The van der Waals surface area contributed by atoms with Crippen LogP contribution in [0.5, 0.6) is 0 Å². The van der Waals surface area contributed by atoms with Gasteiger partial charge < -0.3 is 4.90 Å². The van der Waals surface area contributed by atoms with Crippen molar-refractivity contribution in [3.05, 3.63) is 42.0 Å². The quantitative estimate of drug-likeness (QED) is 0.935. The summed E-state index contributed by atoms with van der Waals surface area (Å²) in [5.74, 6) is 0.149. The van der Waals surface area contributed by atoms with Gasteiger partial charge in [0, 0.05) is 42.2 Å². The summed E-state index contributed by atoms with van der Waals surface area (Å²) in [5, 5.41) is 7.16. The second-order valence-corrected chi connectivity index (χ2v) is 6.11. The van der Waals surface area contributed by atoms with Crippen LogP contribution in [0.1, 0.15) is 44.2 Å². The van der Waals surface area contributed by atoms with E-state index in [1.807, 2.05) is 17.9 Å². The zero-order valence-electron chi connectivity index (χ0n) is 13.4. The third-order valence-electron chi connectivity index (χ3n) is 4.48. The smallest absolute Gasteiger partial charge is 0.222 e. The number of halogens is 1. The summed E-state index contributed by atoms with van der Waals surface area (Å²) in [6.07, 6.45) is 5.09. The van der Waals surface area contributed by atoms with Crippen molar-refractivity contribution in [3.8, 4) is 11.1 Å². The lowest BCUT2D eigenvalue weighted by Gasteiger charge is -2.32. The van der Waals surface area contributed by atoms with E-state index < -0.39 is 0 Å². The van der Waals surface area contributed by atoms with E-state index in [0.29, 0.717) is 18.5 Å². The number of hydrogen-bond donors (Lipinski definition) is 1. The molecule has 23 heavy (non-hydrogen) atoms. The summed E-state index contributed by atoms with van der Waals surface area (Å²) < 4.78 is 14.1. The number of carbonyl (C=O) groups is 1. The number of benzene rings is 1. The van der Waals surface area contributed by atoms with Gasteiger partial charge in [0.1, 0.15) is 5.82 Å². The minimum Gasteiger partial charge on any atom is -0.342 e. The van der Waals surface area contributed by atoms with Gasteiger partial charge in [-0.2, -0.15) is 5.10 Å². The van der Waals surface area contributed by atoms with E-state index >= 15 is 0 Å². The highest BCUT2D eigenvalue weighted by atomic mass is 19.1. The number of rotatable bonds is 4. The molecule has 1 unspecified atom stereocenters. The van der Waals surface area contributed by atoms with Gasteiger partial charge in [-0.1, -0.05) is 25.1 Å². The number of likely N-dealkylation sites (tertiary alicyclic amines) is 1. The molecular formula is C18H22FN3O. The third-order valence-corrected chi connectivity index (χ3v) is 4.48. The minimum atomic E-state index is -0.245. The van der Waals surface area contributed by atoms with Gasteiger partial charge >= 0.3 is 0 Å². The molecule has 0 spiro atoms.